The summed E-state index contributed by atoms with van der Waals surface area (Å²) in [4.78, 5) is 22.1. The summed E-state index contributed by atoms with van der Waals surface area (Å²) >= 11 is 0. The Labute approximate surface area is 131 Å². The third-order valence-electron chi connectivity index (χ3n) is 3.50. The fourth-order valence-corrected chi connectivity index (χ4v) is 2.43. The molecule has 0 saturated heterocycles. The predicted octanol–water partition coefficient (Wildman–Crippen LogP) is 3.62. The summed E-state index contributed by atoms with van der Waals surface area (Å²) in [6, 6.07) is 13.4. The average Bonchev–Trinajstić information content (AvgIpc) is 2.52. The lowest BCUT2D eigenvalue weighted by Crippen LogP contribution is -2.05. The Balaban J connectivity index is 1.99. The van der Waals surface area contributed by atoms with Crippen molar-refractivity contribution in [3.63, 3.8) is 0 Å². The number of rotatable bonds is 4. The van der Waals surface area contributed by atoms with Crippen LogP contribution in [0.2, 0.25) is 0 Å². The first-order chi connectivity index (χ1) is 11.0. The van der Waals surface area contributed by atoms with Crippen LogP contribution in [0.4, 0.5) is 11.4 Å². The second kappa shape index (κ2) is 5.92. The Kier molecular flexibility index (Phi) is 3.80. The number of nitrogens with zero attached hydrogens (tertiary/aromatic N) is 1. The molecular formula is C17H14N2O4. The van der Waals surface area contributed by atoms with Gasteiger partial charge in [-0.1, -0.05) is 29.8 Å². The Morgan fingerprint density at radius 3 is 2.74 bits per heavy atom. The number of non-ortho nitro benzene ring substituents is 1. The number of hydrogen-bond acceptors (Lipinski definition) is 5. The molecule has 1 N–H and O–H groups in total. The third-order valence-corrected chi connectivity index (χ3v) is 3.50. The molecule has 0 atom stereocenters. The zero-order chi connectivity index (χ0) is 16.4. The van der Waals surface area contributed by atoms with E-state index in [0.717, 1.165) is 11.1 Å². The highest BCUT2D eigenvalue weighted by Crippen LogP contribution is 2.26. The second-order valence-corrected chi connectivity index (χ2v) is 5.26. The van der Waals surface area contributed by atoms with Crippen molar-refractivity contribution in [3.8, 4) is 0 Å². The van der Waals surface area contributed by atoms with Gasteiger partial charge in [0.15, 0.2) is 0 Å². The van der Waals surface area contributed by atoms with E-state index in [1.807, 2.05) is 31.2 Å². The van der Waals surface area contributed by atoms with E-state index in [0.29, 0.717) is 23.2 Å². The monoisotopic (exact) mass is 310 g/mol. The Morgan fingerprint density at radius 1 is 1.17 bits per heavy atom. The summed E-state index contributed by atoms with van der Waals surface area (Å²) in [5, 5.41) is 14.6. The van der Waals surface area contributed by atoms with Crippen molar-refractivity contribution in [1.29, 1.82) is 0 Å². The van der Waals surface area contributed by atoms with E-state index in [1.165, 1.54) is 24.3 Å². The van der Waals surface area contributed by atoms with Gasteiger partial charge in [-0.15, -0.1) is 0 Å². The zero-order valence-corrected chi connectivity index (χ0v) is 12.4. The fraction of sp³-hybridized carbons (Fsp3) is 0.118. The van der Waals surface area contributed by atoms with Crippen LogP contribution >= 0.6 is 0 Å². The first kappa shape index (κ1) is 14.8. The number of hydrogen-bond donors (Lipinski definition) is 1. The highest BCUT2D eigenvalue weighted by atomic mass is 16.6. The van der Waals surface area contributed by atoms with Gasteiger partial charge in [-0.3, -0.25) is 10.1 Å². The Morgan fingerprint density at radius 2 is 2.00 bits per heavy atom. The molecule has 1 heterocycles. The minimum atomic E-state index is -0.502. The number of nitrogens with one attached hydrogen (secondary N) is 1. The van der Waals surface area contributed by atoms with Crippen LogP contribution in [-0.2, 0) is 6.54 Å². The molecule has 0 spiro atoms. The van der Waals surface area contributed by atoms with Gasteiger partial charge in [0.05, 0.1) is 10.6 Å². The molecule has 0 unspecified atom stereocenters. The van der Waals surface area contributed by atoms with Crippen molar-refractivity contribution in [2.24, 2.45) is 0 Å². The van der Waals surface area contributed by atoms with Crippen molar-refractivity contribution in [2.45, 2.75) is 13.5 Å². The summed E-state index contributed by atoms with van der Waals surface area (Å²) in [5.41, 5.74) is 2.47. The summed E-state index contributed by atoms with van der Waals surface area (Å²) in [6.45, 7) is 2.50. The smallest absolute Gasteiger partial charge is 0.338 e. The van der Waals surface area contributed by atoms with Crippen LogP contribution in [0.5, 0.6) is 0 Å². The van der Waals surface area contributed by atoms with Crippen LogP contribution in [-0.4, -0.2) is 4.92 Å². The number of fused-ring (bicyclic) bond motifs is 1. The largest absolute Gasteiger partial charge is 0.423 e. The average molecular weight is 310 g/mol. The normalized spacial score (nSPS) is 10.7. The first-order valence-corrected chi connectivity index (χ1v) is 7.04. The van der Waals surface area contributed by atoms with E-state index < -0.39 is 10.5 Å². The molecule has 0 amide bonds. The molecule has 0 saturated carbocycles. The second-order valence-electron chi connectivity index (χ2n) is 5.26. The molecule has 6 nitrogen and oxygen atoms in total. The summed E-state index contributed by atoms with van der Waals surface area (Å²) in [5.74, 6) is 0. The molecule has 6 heteroatoms. The SMILES string of the molecule is Cc1cccc(CNc2cc(=O)oc3ccc([N+](=O)[O-])cc23)c1. The number of aryl methyl sites for hydroxylation is 1. The minimum absolute atomic E-state index is 0.0510. The van der Waals surface area contributed by atoms with Gasteiger partial charge < -0.3 is 9.73 Å². The van der Waals surface area contributed by atoms with Gasteiger partial charge in [0.1, 0.15) is 5.58 Å². The number of nitro benzene ring substituents is 1. The van der Waals surface area contributed by atoms with Gasteiger partial charge in [0.25, 0.3) is 5.69 Å². The molecule has 0 aliphatic rings. The molecule has 23 heavy (non-hydrogen) atoms. The Bertz CT molecular complexity index is 947. The molecule has 0 aliphatic heterocycles. The molecule has 0 bridgehead atoms. The van der Waals surface area contributed by atoms with E-state index in [9.17, 15) is 14.9 Å². The standard InChI is InChI=1S/C17H14N2O4/c1-11-3-2-4-12(7-11)10-18-15-9-17(20)23-16-6-5-13(19(21)22)8-14(15)16/h2-9,18H,10H2,1H3. The lowest BCUT2D eigenvalue weighted by molar-refractivity contribution is -0.384. The third kappa shape index (κ3) is 3.21. The molecule has 1 aromatic heterocycles. The molecule has 116 valence electrons. The zero-order valence-electron chi connectivity index (χ0n) is 12.4. The van der Waals surface area contributed by atoms with Crippen LogP contribution < -0.4 is 10.9 Å². The van der Waals surface area contributed by atoms with E-state index in [4.69, 9.17) is 4.42 Å². The maximum Gasteiger partial charge on any atom is 0.338 e. The predicted molar refractivity (Wildman–Crippen MR) is 87.6 cm³/mol. The summed E-state index contributed by atoms with van der Waals surface area (Å²) in [7, 11) is 0. The number of nitro groups is 1. The van der Waals surface area contributed by atoms with Crippen molar-refractivity contribution < 1.29 is 9.34 Å². The molecule has 0 aliphatic carbocycles. The molecule has 0 fully saturated rings. The molecule has 3 rings (SSSR count). The van der Waals surface area contributed by atoms with Crippen LogP contribution in [0.1, 0.15) is 11.1 Å². The van der Waals surface area contributed by atoms with Crippen molar-refractivity contribution in [3.05, 3.63) is 80.2 Å². The Hall–Kier alpha value is -3.15. The van der Waals surface area contributed by atoms with Gasteiger partial charge in [0.2, 0.25) is 0 Å². The van der Waals surface area contributed by atoms with E-state index >= 15 is 0 Å². The molecule has 2 aromatic carbocycles. The topological polar surface area (TPSA) is 85.4 Å². The van der Waals surface area contributed by atoms with Crippen LogP contribution in [0, 0.1) is 17.0 Å². The van der Waals surface area contributed by atoms with Crippen molar-refractivity contribution in [1.82, 2.24) is 0 Å². The van der Waals surface area contributed by atoms with Crippen molar-refractivity contribution >= 4 is 22.3 Å². The van der Waals surface area contributed by atoms with Crippen molar-refractivity contribution in [2.75, 3.05) is 5.32 Å². The maximum atomic E-state index is 11.6. The maximum absolute atomic E-state index is 11.6. The van der Waals surface area contributed by atoms with Gasteiger partial charge >= 0.3 is 5.63 Å². The van der Waals surface area contributed by atoms with Crippen LogP contribution in [0.25, 0.3) is 11.0 Å². The van der Waals surface area contributed by atoms with E-state index in [2.05, 4.69) is 5.32 Å². The van der Waals surface area contributed by atoms with Crippen LogP contribution in [0.15, 0.2) is 57.7 Å². The quantitative estimate of drug-likeness (QED) is 0.452. The van der Waals surface area contributed by atoms with Gasteiger partial charge in [-0.2, -0.15) is 0 Å². The highest BCUT2D eigenvalue weighted by Gasteiger charge is 2.11. The first-order valence-electron chi connectivity index (χ1n) is 7.04. The number of anilines is 1. The van der Waals surface area contributed by atoms with Crippen LogP contribution in [0.3, 0.4) is 0 Å². The molecule has 0 radical (unpaired) electrons. The lowest BCUT2D eigenvalue weighted by atomic mass is 10.1. The minimum Gasteiger partial charge on any atom is -0.423 e. The van der Waals surface area contributed by atoms with Gasteiger partial charge in [-0.05, 0) is 18.6 Å². The fourth-order valence-electron chi connectivity index (χ4n) is 2.43. The summed E-state index contributed by atoms with van der Waals surface area (Å²) < 4.78 is 5.09. The van der Waals surface area contributed by atoms with Gasteiger partial charge in [0, 0.05) is 30.1 Å². The highest BCUT2D eigenvalue weighted by molar-refractivity contribution is 5.91. The molecular weight excluding hydrogens is 296 g/mol. The van der Waals surface area contributed by atoms with E-state index in [1.54, 1.807) is 0 Å². The molecule has 3 aromatic rings. The lowest BCUT2D eigenvalue weighted by Gasteiger charge is -2.09. The summed E-state index contributed by atoms with van der Waals surface area (Å²) in [6.07, 6.45) is 0. The van der Waals surface area contributed by atoms with Gasteiger partial charge in [-0.25, -0.2) is 4.79 Å². The van der Waals surface area contributed by atoms with E-state index in [-0.39, 0.29) is 5.69 Å². The number of benzene rings is 2.